The fraction of sp³-hybridized carbons (Fsp3) is 0.455. The highest BCUT2D eigenvalue weighted by molar-refractivity contribution is 5.95. The zero-order valence-corrected chi connectivity index (χ0v) is 18.4. The summed E-state index contributed by atoms with van der Waals surface area (Å²) in [6, 6.07) is 4.34. The van der Waals surface area contributed by atoms with Crippen LogP contribution in [0.1, 0.15) is 43.5 Å². The van der Waals surface area contributed by atoms with Crippen molar-refractivity contribution in [2.75, 3.05) is 12.4 Å². The van der Waals surface area contributed by atoms with E-state index < -0.39 is 65.7 Å². The summed E-state index contributed by atoms with van der Waals surface area (Å²) in [5, 5.41) is 21.9. The number of carbonyl (C=O) groups is 1. The van der Waals surface area contributed by atoms with Gasteiger partial charge in [-0.15, -0.1) is 0 Å². The number of aromatic nitrogens is 1. The van der Waals surface area contributed by atoms with Crippen LogP contribution in [0, 0.1) is 11.6 Å². The van der Waals surface area contributed by atoms with Crippen LogP contribution in [-0.4, -0.2) is 52.2 Å². The molecule has 1 fully saturated rings. The summed E-state index contributed by atoms with van der Waals surface area (Å²) < 4.78 is 79.3. The summed E-state index contributed by atoms with van der Waals surface area (Å²) in [6.07, 6.45) is -8.68. The first-order valence-corrected chi connectivity index (χ1v) is 10.2. The molecule has 3 N–H and O–H groups in total. The lowest BCUT2D eigenvalue weighted by molar-refractivity contribution is -0.261. The van der Waals surface area contributed by atoms with Gasteiger partial charge in [0, 0.05) is 23.4 Å². The summed E-state index contributed by atoms with van der Waals surface area (Å²) in [7, 11) is 1.03. The lowest BCUT2D eigenvalue weighted by Gasteiger charge is -2.27. The molecular weight excluding hydrogens is 467 g/mol. The Bertz CT molecular complexity index is 1060. The highest BCUT2D eigenvalue weighted by Gasteiger charge is 2.61. The van der Waals surface area contributed by atoms with Gasteiger partial charge in [0.1, 0.15) is 12.2 Å². The zero-order chi connectivity index (χ0) is 25.4. The molecule has 1 amide bonds. The van der Waals surface area contributed by atoms with Gasteiger partial charge in [-0.3, -0.25) is 9.78 Å². The van der Waals surface area contributed by atoms with Crippen LogP contribution in [0.4, 0.5) is 27.6 Å². The first-order valence-electron chi connectivity index (χ1n) is 10.2. The second-order valence-electron chi connectivity index (χ2n) is 8.21. The van der Waals surface area contributed by atoms with Crippen molar-refractivity contribution >= 4 is 11.6 Å². The fourth-order valence-electron chi connectivity index (χ4n) is 3.82. The molecule has 0 bridgehead atoms. The molecule has 1 aliphatic heterocycles. The molecule has 0 spiro atoms. The summed E-state index contributed by atoms with van der Waals surface area (Å²) in [5.41, 5.74) is -2.83. The first-order chi connectivity index (χ1) is 15.8. The van der Waals surface area contributed by atoms with E-state index in [0.717, 1.165) is 26.2 Å². The van der Waals surface area contributed by atoms with Crippen molar-refractivity contribution < 1.29 is 46.4 Å². The molecule has 0 unspecified atom stereocenters. The summed E-state index contributed by atoms with van der Waals surface area (Å²) in [5.74, 6) is -5.61. The molecule has 1 aliphatic rings. The van der Waals surface area contributed by atoms with Gasteiger partial charge in [-0.2, -0.15) is 17.6 Å². The van der Waals surface area contributed by atoms with E-state index in [9.17, 15) is 37.0 Å². The lowest BCUT2D eigenvalue weighted by Crippen LogP contribution is -2.43. The normalized spacial score (nSPS) is 24.5. The standard InChI is InChI=1S/C22H23F5N2O5/c1-10(30)17(31)15-8-11(6-7-28-15)29-20(32)19-13(9-21(2,34-19)22(25,26)27)12-4-5-14(23)16(24)18(12)33-3/h4-8,10,13,17,19,30-31H,9H2,1-3H3,(H,28,29,32)/t10-,13-,17+,19+,21+/m0/s1. The quantitative estimate of drug-likeness (QED) is 0.535. The van der Waals surface area contributed by atoms with Gasteiger partial charge in [0.15, 0.2) is 17.2 Å². The number of pyridine rings is 1. The number of hydrogen-bond donors (Lipinski definition) is 3. The number of alkyl halides is 3. The molecule has 0 saturated carbocycles. The fourth-order valence-corrected chi connectivity index (χ4v) is 3.82. The zero-order valence-electron chi connectivity index (χ0n) is 18.4. The van der Waals surface area contributed by atoms with E-state index in [-0.39, 0.29) is 16.9 Å². The lowest BCUT2D eigenvalue weighted by atomic mass is 9.85. The van der Waals surface area contributed by atoms with Gasteiger partial charge in [0.2, 0.25) is 5.82 Å². The Kier molecular flexibility index (Phi) is 7.15. The number of aliphatic hydroxyl groups excluding tert-OH is 2. The van der Waals surface area contributed by atoms with E-state index in [1.165, 1.54) is 25.3 Å². The van der Waals surface area contributed by atoms with E-state index in [1.54, 1.807) is 0 Å². The number of hydrogen-bond acceptors (Lipinski definition) is 6. The molecule has 1 aromatic heterocycles. The third-order valence-corrected chi connectivity index (χ3v) is 5.71. The second kappa shape index (κ2) is 9.43. The van der Waals surface area contributed by atoms with Gasteiger partial charge in [0.05, 0.1) is 18.9 Å². The van der Waals surface area contributed by atoms with E-state index >= 15 is 0 Å². The van der Waals surface area contributed by atoms with Crippen LogP contribution in [0.15, 0.2) is 30.5 Å². The van der Waals surface area contributed by atoms with E-state index in [1.807, 2.05) is 0 Å². The Labute approximate surface area is 191 Å². The molecule has 0 aliphatic carbocycles. The van der Waals surface area contributed by atoms with Gasteiger partial charge in [-0.25, -0.2) is 4.39 Å². The monoisotopic (exact) mass is 490 g/mol. The van der Waals surface area contributed by atoms with Gasteiger partial charge in [-0.1, -0.05) is 6.07 Å². The summed E-state index contributed by atoms with van der Waals surface area (Å²) >= 11 is 0. The van der Waals surface area contributed by atoms with Gasteiger partial charge < -0.3 is 25.0 Å². The van der Waals surface area contributed by atoms with Gasteiger partial charge in [0.25, 0.3) is 5.91 Å². The number of nitrogens with one attached hydrogen (secondary N) is 1. The molecule has 0 radical (unpaired) electrons. The van der Waals surface area contributed by atoms with Crippen molar-refractivity contribution in [1.82, 2.24) is 4.98 Å². The van der Waals surface area contributed by atoms with Gasteiger partial charge in [-0.05, 0) is 38.5 Å². The number of nitrogens with zero attached hydrogens (tertiary/aromatic N) is 1. The molecule has 5 atom stereocenters. The molecule has 34 heavy (non-hydrogen) atoms. The maximum Gasteiger partial charge on any atom is 0.417 e. The molecule has 2 aromatic rings. The average Bonchev–Trinajstić information content (AvgIpc) is 3.14. The van der Waals surface area contributed by atoms with Crippen LogP contribution < -0.4 is 10.1 Å². The number of anilines is 1. The van der Waals surface area contributed by atoms with Crippen LogP contribution in [0.2, 0.25) is 0 Å². The number of rotatable bonds is 6. The highest BCUT2D eigenvalue weighted by atomic mass is 19.4. The molecule has 3 rings (SSSR count). The molecule has 7 nitrogen and oxygen atoms in total. The number of methoxy groups -OCH3 is 1. The Hall–Kier alpha value is -2.83. The van der Waals surface area contributed by atoms with Crippen molar-refractivity contribution in [3.63, 3.8) is 0 Å². The van der Waals surface area contributed by atoms with Crippen LogP contribution >= 0.6 is 0 Å². The van der Waals surface area contributed by atoms with Gasteiger partial charge >= 0.3 is 6.18 Å². The van der Waals surface area contributed by atoms with Crippen LogP contribution in [0.5, 0.6) is 5.75 Å². The molecular formula is C22H23F5N2O5. The number of carbonyl (C=O) groups excluding carboxylic acids is 1. The topological polar surface area (TPSA) is 101 Å². The van der Waals surface area contributed by atoms with Crippen LogP contribution in [0.25, 0.3) is 0 Å². The van der Waals surface area contributed by atoms with Crippen LogP contribution in [-0.2, 0) is 9.53 Å². The van der Waals surface area contributed by atoms with E-state index in [2.05, 4.69) is 10.3 Å². The molecule has 2 heterocycles. The Morgan fingerprint density at radius 3 is 2.56 bits per heavy atom. The highest BCUT2D eigenvalue weighted by Crippen LogP contribution is 2.51. The smallest absolute Gasteiger partial charge is 0.417 e. The van der Waals surface area contributed by atoms with E-state index in [4.69, 9.17) is 9.47 Å². The third kappa shape index (κ3) is 4.84. The minimum Gasteiger partial charge on any atom is -0.493 e. The Balaban J connectivity index is 1.98. The predicted octanol–water partition coefficient (Wildman–Crippen LogP) is 3.61. The number of amides is 1. The maximum absolute atomic E-state index is 14.3. The van der Waals surface area contributed by atoms with Crippen molar-refractivity contribution in [2.45, 2.75) is 56.3 Å². The molecule has 1 aromatic carbocycles. The predicted molar refractivity (Wildman–Crippen MR) is 109 cm³/mol. The average molecular weight is 490 g/mol. The largest absolute Gasteiger partial charge is 0.493 e. The van der Waals surface area contributed by atoms with Crippen molar-refractivity contribution in [1.29, 1.82) is 0 Å². The summed E-state index contributed by atoms with van der Waals surface area (Å²) in [6.45, 7) is 2.09. The second-order valence-corrected chi connectivity index (χ2v) is 8.21. The van der Waals surface area contributed by atoms with Crippen molar-refractivity contribution in [3.8, 4) is 5.75 Å². The summed E-state index contributed by atoms with van der Waals surface area (Å²) in [4.78, 5) is 16.9. The maximum atomic E-state index is 14.3. The first kappa shape index (κ1) is 25.8. The van der Waals surface area contributed by atoms with Crippen molar-refractivity contribution in [3.05, 3.63) is 53.4 Å². The Morgan fingerprint density at radius 1 is 1.29 bits per heavy atom. The van der Waals surface area contributed by atoms with Crippen molar-refractivity contribution in [2.24, 2.45) is 0 Å². The Morgan fingerprint density at radius 2 is 1.97 bits per heavy atom. The molecule has 1 saturated heterocycles. The number of halogens is 5. The molecule has 186 valence electrons. The van der Waals surface area contributed by atoms with E-state index in [0.29, 0.717) is 0 Å². The SMILES string of the molecule is COc1c([C@@H]2C[C@](C)(C(F)(F)F)O[C@H]2C(=O)Nc2ccnc([C@H](O)[C@H](C)O)c2)ccc(F)c1F. The third-order valence-electron chi connectivity index (χ3n) is 5.71. The minimum atomic E-state index is -4.86. The molecule has 12 heteroatoms. The number of ether oxygens (including phenoxy) is 2. The number of benzene rings is 1. The van der Waals surface area contributed by atoms with Crippen LogP contribution in [0.3, 0.4) is 0 Å². The number of aliphatic hydroxyl groups is 2. The minimum absolute atomic E-state index is 0.0131.